The number of nitrogens with one attached hydrogen (secondary N) is 1. The van der Waals surface area contributed by atoms with Crippen molar-refractivity contribution in [2.24, 2.45) is 5.92 Å². The zero-order chi connectivity index (χ0) is 11.6. The number of hydrogen-bond acceptors (Lipinski definition) is 4. The third-order valence-corrected chi connectivity index (χ3v) is 1.72. The van der Waals surface area contributed by atoms with Crippen LogP contribution in [-0.2, 0) is 4.79 Å². The summed E-state index contributed by atoms with van der Waals surface area (Å²) in [6, 6.07) is 0. The minimum Gasteiger partial charge on any atom is -0.476 e. The molecular formula is C8H12N4O3. The van der Waals surface area contributed by atoms with E-state index in [-0.39, 0.29) is 23.2 Å². The lowest BCUT2D eigenvalue weighted by Gasteiger charge is -2.04. The van der Waals surface area contributed by atoms with Gasteiger partial charge < -0.3 is 5.11 Å². The summed E-state index contributed by atoms with van der Waals surface area (Å²) in [7, 11) is 0. The number of carbonyl (C=O) groups excluding carboxylic acids is 1. The molecule has 2 N–H and O–H groups in total. The average Bonchev–Trinajstić information content (AvgIpc) is 2.46. The molecule has 0 aromatic carbocycles. The van der Waals surface area contributed by atoms with Crippen molar-refractivity contribution in [1.29, 1.82) is 0 Å². The summed E-state index contributed by atoms with van der Waals surface area (Å²) >= 11 is 0. The topological polar surface area (TPSA) is 97.1 Å². The third kappa shape index (κ3) is 2.52. The molecule has 0 bridgehead atoms. The number of rotatable bonds is 3. The van der Waals surface area contributed by atoms with E-state index in [0.717, 1.165) is 4.91 Å². The minimum atomic E-state index is -1.17. The average molecular weight is 212 g/mol. The van der Waals surface area contributed by atoms with E-state index in [4.69, 9.17) is 5.11 Å². The quantitative estimate of drug-likeness (QED) is 0.735. The van der Waals surface area contributed by atoms with Crippen LogP contribution in [0.2, 0.25) is 0 Å². The summed E-state index contributed by atoms with van der Waals surface area (Å²) in [5, 5.41) is 16.0. The van der Waals surface area contributed by atoms with Gasteiger partial charge in [0, 0.05) is 5.92 Å². The molecule has 0 saturated carbocycles. The lowest BCUT2D eigenvalue weighted by atomic mass is 10.2. The number of hydrogen-bond donors (Lipinski definition) is 2. The Morgan fingerprint density at radius 1 is 1.40 bits per heavy atom. The van der Waals surface area contributed by atoms with Crippen LogP contribution in [-0.4, -0.2) is 32.1 Å². The van der Waals surface area contributed by atoms with E-state index < -0.39 is 5.97 Å². The van der Waals surface area contributed by atoms with E-state index in [2.05, 4.69) is 15.6 Å². The Balaban J connectivity index is 2.84. The van der Waals surface area contributed by atoms with Crippen LogP contribution < -0.4 is 5.43 Å². The Kier molecular flexibility index (Phi) is 3.03. The van der Waals surface area contributed by atoms with E-state index in [9.17, 15) is 9.59 Å². The fourth-order valence-electron chi connectivity index (χ4n) is 0.854. The van der Waals surface area contributed by atoms with Gasteiger partial charge in [-0.3, -0.25) is 4.79 Å². The molecule has 15 heavy (non-hydrogen) atoms. The maximum atomic E-state index is 11.2. The SMILES string of the molecule is Cc1nn(NC(=O)C(C)C)nc1C(=O)O. The second-order valence-corrected chi connectivity index (χ2v) is 3.36. The number of amides is 1. The van der Waals surface area contributed by atoms with E-state index in [1.165, 1.54) is 6.92 Å². The van der Waals surface area contributed by atoms with Gasteiger partial charge in [-0.1, -0.05) is 18.8 Å². The van der Waals surface area contributed by atoms with Gasteiger partial charge >= 0.3 is 5.97 Å². The van der Waals surface area contributed by atoms with Crippen molar-refractivity contribution in [2.75, 3.05) is 5.43 Å². The highest BCUT2D eigenvalue weighted by Crippen LogP contribution is 2.00. The predicted molar refractivity (Wildman–Crippen MR) is 50.9 cm³/mol. The minimum absolute atomic E-state index is 0.168. The van der Waals surface area contributed by atoms with Gasteiger partial charge in [-0.15, -0.1) is 10.2 Å². The molecule has 7 nitrogen and oxygen atoms in total. The Labute approximate surface area is 86.1 Å². The molecule has 1 amide bonds. The molecule has 0 fully saturated rings. The highest BCUT2D eigenvalue weighted by molar-refractivity contribution is 5.87. The summed E-state index contributed by atoms with van der Waals surface area (Å²) in [5.41, 5.74) is 2.44. The standard InChI is InChI=1S/C8H12N4O3/c1-4(2)7(13)11-12-9-5(3)6(10-12)8(14)15/h4H,1-3H3,(H,11,13)(H,14,15). The fraction of sp³-hybridized carbons (Fsp3) is 0.500. The second kappa shape index (κ2) is 4.07. The zero-order valence-electron chi connectivity index (χ0n) is 8.68. The third-order valence-electron chi connectivity index (χ3n) is 1.72. The predicted octanol–water partition coefficient (Wildman–Crippen LogP) is 0.0108. The molecule has 0 aliphatic heterocycles. The monoisotopic (exact) mass is 212 g/mol. The van der Waals surface area contributed by atoms with Gasteiger partial charge in [0.25, 0.3) is 0 Å². The summed E-state index contributed by atoms with van der Waals surface area (Å²) < 4.78 is 0. The number of aromatic nitrogens is 3. The summed E-state index contributed by atoms with van der Waals surface area (Å²) in [5.74, 6) is -1.66. The zero-order valence-corrected chi connectivity index (χ0v) is 8.68. The van der Waals surface area contributed by atoms with E-state index in [1.54, 1.807) is 13.8 Å². The highest BCUT2D eigenvalue weighted by atomic mass is 16.4. The van der Waals surface area contributed by atoms with Crippen molar-refractivity contribution in [3.05, 3.63) is 11.4 Å². The Morgan fingerprint density at radius 3 is 2.40 bits per heavy atom. The van der Waals surface area contributed by atoms with Crippen LogP contribution >= 0.6 is 0 Å². The lowest BCUT2D eigenvalue weighted by Crippen LogP contribution is -2.28. The highest BCUT2D eigenvalue weighted by Gasteiger charge is 2.15. The lowest BCUT2D eigenvalue weighted by molar-refractivity contribution is -0.120. The summed E-state index contributed by atoms with van der Waals surface area (Å²) in [4.78, 5) is 22.7. The molecule has 0 saturated heterocycles. The number of aryl methyl sites for hydroxylation is 1. The largest absolute Gasteiger partial charge is 0.476 e. The fourth-order valence-corrected chi connectivity index (χ4v) is 0.854. The molecule has 0 spiro atoms. The van der Waals surface area contributed by atoms with E-state index in [1.807, 2.05) is 0 Å². The second-order valence-electron chi connectivity index (χ2n) is 3.36. The first-order valence-corrected chi connectivity index (χ1v) is 4.40. The smallest absolute Gasteiger partial charge is 0.358 e. The number of carboxylic acid groups (broad SMARTS) is 1. The molecule has 7 heteroatoms. The number of carbonyl (C=O) groups is 2. The van der Waals surface area contributed by atoms with Crippen molar-refractivity contribution >= 4 is 11.9 Å². The van der Waals surface area contributed by atoms with Gasteiger partial charge in [0.2, 0.25) is 5.91 Å². The van der Waals surface area contributed by atoms with Crippen LogP contribution in [0, 0.1) is 12.8 Å². The van der Waals surface area contributed by atoms with Gasteiger partial charge in [-0.2, -0.15) is 0 Å². The van der Waals surface area contributed by atoms with Crippen molar-refractivity contribution in [3.63, 3.8) is 0 Å². The van der Waals surface area contributed by atoms with E-state index in [0.29, 0.717) is 0 Å². The van der Waals surface area contributed by atoms with Crippen molar-refractivity contribution < 1.29 is 14.7 Å². The van der Waals surface area contributed by atoms with Gasteiger partial charge in [0.1, 0.15) is 0 Å². The molecule has 1 aromatic heterocycles. The van der Waals surface area contributed by atoms with Crippen LogP contribution in [0.4, 0.5) is 0 Å². The molecule has 0 aliphatic rings. The Morgan fingerprint density at radius 2 is 2.00 bits per heavy atom. The van der Waals surface area contributed by atoms with Crippen LogP contribution in [0.3, 0.4) is 0 Å². The number of aromatic carboxylic acids is 1. The van der Waals surface area contributed by atoms with Crippen molar-refractivity contribution in [3.8, 4) is 0 Å². The van der Waals surface area contributed by atoms with Crippen LogP contribution in [0.15, 0.2) is 0 Å². The Bertz CT molecular complexity index is 397. The summed E-state index contributed by atoms with van der Waals surface area (Å²) in [6.45, 7) is 4.93. The van der Waals surface area contributed by atoms with Crippen molar-refractivity contribution in [2.45, 2.75) is 20.8 Å². The van der Waals surface area contributed by atoms with Crippen LogP contribution in [0.1, 0.15) is 30.0 Å². The molecule has 82 valence electrons. The molecule has 1 aromatic rings. The normalized spacial score (nSPS) is 10.4. The van der Waals surface area contributed by atoms with Crippen LogP contribution in [0.5, 0.6) is 0 Å². The van der Waals surface area contributed by atoms with Gasteiger partial charge in [-0.25, -0.2) is 10.2 Å². The maximum Gasteiger partial charge on any atom is 0.358 e. The first-order chi connectivity index (χ1) is 6.91. The maximum absolute atomic E-state index is 11.2. The number of nitrogens with zero attached hydrogens (tertiary/aromatic N) is 3. The van der Waals surface area contributed by atoms with Crippen LogP contribution in [0.25, 0.3) is 0 Å². The Hall–Kier alpha value is -1.92. The first-order valence-electron chi connectivity index (χ1n) is 4.40. The van der Waals surface area contributed by atoms with Crippen molar-refractivity contribution in [1.82, 2.24) is 15.1 Å². The van der Waals surface area contributed by atoms with Gasteiger partial charge in [0.15, 0.2) is 5.69 Å². The first kappa shape index (κ1) is 11.2. The molecular weight excluding hydrogens is 200 g/mol. The van der Waals surface area contributed by atoms with Gasteiger partial charge in [-0.05, 0) is 6.92 Å². The van der Waals surface area contributed by atoms with Gasteiger partial charge in [0.05, 0.1) is 5.69 Å². The van der Waals surface area contributed by atoms with E-state index >= 15 is 0 Å². The summed E-state index contributed by atoms with van der Waals surface area (Å²) in [6.07, 6.45) is 0. The number of carboxylic acids is 1. The molecule has 0 radical (unpaired) electrons. The molecule has 0 atom stereocenters. The molecule has 0 aliphatic carbocycles. The molecule has 1 rings (SSSR count). The molecule has 0 unspecified atom stereocenters. The molecule has 1 heterocycles.